The van der Waals surface area contributed by atoms with Crippen molar-refractivity contribution in [2.45, 2.75) is 45.1 Å². The molecule has 2 atom stereocenters. The number of nitrogens with one attached hydrogen (secondary N) is 1. The predicted molar refractivity (Wildman–Crippen MR) is 92.3 cm³/mol. The molecule has 0 aromatic heterocycles. The van der Waals surface area contributed by atoms with Gasteiger partial charge >= 0.3 is 0 Å². The van der Waals surface area contributed by atoms with Crippen LogP contribution in [0.5, 0.6) is 0 Å². The summed E-state index contributed by atoms with van der Waals surface area (Å²) in [5.41, 5.74) is 6.68. The molecule has 126 valence electrons. The third kappa shape index (κ3) is 5.75. The SMILES string of the molecule is C[C@H]1CCCC[C@H]1NC(=O)CO/N=C(\N)Cc1ccccc1Cl. The zero-order valence-electron chi connectivity index (χ0n) is 13.4. The first-order valence-corrected chi connectivity index (χ1v) is 8.41. The van der Waals surface area contributed by atoms with Crippen molar-refractivity contribution in [2.75, 3.05) is 6.61 Å². The molecule has 1 fully saturated rings. The molecule has 1 aromatic rings. The normalized spacial score (nSPS) is 21.7. The molecule has 6 heteroatoms. The number of carbonyl (C=O) groups is 1. The van der Waals surface area contributed by atoms with Crippen molar-refractivity contribution in [3.8, 4) is 0 Å². The average molecular weight is 338 g/mol. The number of oxime groups is 1. The summed E-state index contributed by atoms with van der Waals surface area (Å²) in [6.45, 7) is 2.05. The third-order valence-corrected chi connectivity index (χ3v) is 4.53. The van der Waals surface area contributed by atoms with Gasteiger partial charge in [0.2, 0.25) is 0 Å². The first-order valence-electron chi connectivity index (χ1n) is 8.03. The standard InChI is InChI=1S/C17H24ClN3O2/c1-12-6-2-5-9-15(12)20-17(22)11-23-21-16(19)10-13-7-3-4-8-14(13)18/h3-4,7-8,12,15H,2,5-6,9-11H2,1H3,(H2,19,21)(H,20,22)/t12-,15+/m0/s1. The number of halogens is 1. The van der Waals surface area contributed by atoms with E-state index < -0.39 is 0 Å². The molecule has 5 nitrogen and oxygen atoms in total. The highest BCUT2D eigenvalue weighted by atomic mass is 35.5. The lowest BCUT2D eigenvalue weighted by atomic mass is 9.86. The Labute approximate surface area is 142 Å². The van der Waals surface area contributed by atoms with Crippen LogP contribution in [0.25, 0.3) is 0 Å². The van der Waals surface area contributed by atoms with Gasteiger partial charge in [-0.15, -0.1) is 0 Å². The second-order valence-corrected chi connectivity index (χ2v) is 6.47. The van der Waals surface area contributed by atoms with Gasteiger partial charge in [0.15, 0.2) is 6.61 Å². The van der Waals surface area contributed by atoms with Crippen molar-refractivity contribution < 1.29 is 9.63 Å². The molecule has 1 aromatic carbocycles. The summed E-state index contributed by atoms with van der Waals surface area (Å²) in [6, 6.07) is 7.65. The Hall–Kier alpha value is -1.75. The van der Waals surface area contributed by atoms with Crippen molar-refractivity contribution in [1.82, 2.24) is 5.32 Å². The van der Waals surface area contributed by atoms with Crippen molar-refractivity contribution in [3.63, 3.8) is 0 Å². The highest BCUT2D eigenvalue weighted by molar-refractivity contribution is 6.31. The van der Waals surface area contributed by atoms with Gasteiger partial charge in [-0.05, 0) is 30.4 Å². The number of hydrogen-bond acceptors (Lipinski definition) is 3. The number of rotatable bonds is 6. The van der Waals surface area contributed by atoms with E-state index in [9.17, 15) is 4.79 Å². The molecule has 1 aliphatic rings. The van der Waals surface area contributed by atoms with Crippen LogP contribution >= 0.6 is 11.6 Å². The summed E-state index contributed by atoms with van der Waals surface area (Å²) in [5.74, 6) is 0.650. The molecule has 0 spiro atoms. The maximum Gasteiger partial charge on any atom is 0.261 e. The van der Waals surface area contributed by atoms with E-state index in [4.69, 9.17) is 22.2 Å². The summed E-state index contributed by atoms with van der Waals surface area (Å²) in [6.07, 6.45) is 4.99. The number of nitrogens with zero attached hydrogens (tertiary/aromatic N) is 1. The number of nitrogens with two attached hydrogens (primary N) is 1. The van der Waals surface area contributed by atoms with Crippen molar-refractivity contribution in [3.05, 3.63) is 34.9 Å². The topological polar surface area (TPSA) is 76.7 Å². The molecule has 0 bridgehead atoms. The monoisotopic (exact) mass is 337 g/mol. The van der Waals surface area contributed by atoms with E-state index in [0.29, 0.717) is 17.4 Å². The second kappa shape index (κ2) is 8.77. The molecular formula is C17H24ClN3O2. The maximum atomic E-state index is 11.9. The number of hydrogen-bond donors (Lipinski definition) is 2. The minimum atomic E-state index is -0.155. The number of amidine groups is 1. The van der Waals surface area contributed by atoms with Gasteiger partial charge in [-0.3, -0.25) is 4.79 Å². The fourth-order valence-corrected chi connectivity index (χ4v) is 3.02. The average Bonchev–Trinajstić information content (AvgIpc) is 2.52. The zero-order valence-corrected chi connectivity index (χ0v) is 14.2. The summed E-state index contributed by atoms with van der Waals surface area (Å²) in [5, 5.41) is 7.43. The molecule has 1 saturated carbocycles. The van der Waals surface area contributed by atoms with E-state index in [1.165, 1.54) is 12.8 Å². The van der Waals surface area contributed by atoms with Crippen LogP contribution < -0.4 is 11.1 Å². The molecule has 0 radical (unpaired) electrons. The zero-order chi connectivity index (χ0) is 16.7. The quantitative estimate of drug-likeness (QED) is 0.476. The molecule has 0 aliphatic heterocycles. The molecular weight excluding hydrogens is 314 g/mol. The highest BCUT2D eigenvalue weighted by Crippen LogP contribution is 2.23. The summed E-state index contributed by atoms with van der Waals surface area (Å²) < 4.78 is 0. The van der Waals surface area contributed by atoms with E-state index in [0.717, 1.165) is 18.4 Å². The number of carbonyl (C=O) groups excluding carboxylic acids is 1. The fourth-order valence-electron chi connectivity index (χ4n) is 2.82. The van der Waals surface area contributed by atoms with Crippen LogP contribution in [-0.4, -0.2) is 24.4 Å². The molecule has 0 saturated heterocycles. The summed E-state index contributed by atoms with van der Waals surface area (Å²) in [4.78, 5) is 16.9. The predicted octanol–water partition coefficient (Wildman–Crippen LogP) is 2.87. The van der Waals surface area contributed by atoms with E-state index >= 15 is 0 Å². The van der Waals surface area contributed by atoms with Gasteiger partial charge in [0, 0.05) is 17.5 Å². The van der Waals surface area contributed by atoms with Gasteiger partial charge < -0.3 is 15.9 Å². The Balaban J connectivity index is 1.74. The van der Waals surface area contributed by atoms with Gasteiger partial charge in [0.1, 0.15) is 5.84 Å². The van der Waals surface area contributed by atoms with Gasteiger partial charge in [0.05, 0.1) is 0 Å². The first-order chi connectivity index (χ1) is 11.1. The molecule has 0 unspecified atom stereocenters. The Morgan fingerprint density at radius 1 is 1.39 bits per heavy atom. The van der Waals surface area contributed by atoms with E-state index in [1.54, 1.807) is 6.07 Å². The van der Waals surface area contributed by atoms with Gasteiger partial charge in [-0.1, -0.05) is 54.7 Å². The smallest absolute Gasteiger partial charge is 0.261 e. The Morgan fingerprint density at radius 2 is 2.13 bits per heavy atom. The van der Waals surface area contributed by atoms with Gasteiger partial charge in [-0.25, -0.2) is 0 Å². The van der Waals surface area contributed by atoms with E-state index in [2.05, 4.69) is 17.4 Å². The number of amides is 1. The third-order valence-electron chi connectivity index (χ3n) is 4.16. The van der Waals surface area contributed by atoms with Crippen LogP contribution in [0.2, 0.25) is 5.02 Å². The lowest BCUT2D eigenvalue weighted by molar-refractivity contribution is -0.126. The molecule has 0 heterocycles. The second-order valence-electron chi connectivity index (χ2n) is 6.06. The summed E-state index contributed by atoms with van der Waals surface area (Å²) >= 11 is 6.06. The molecule has 23 heavy (non-hydrogen) atoms. The van der Waals surface area contributed by atoms with Crippen molar-refractivity contribution in [2.24, 2.45) is 16.8 Å². The van der Waals surface area contributed by atoms with Crippen LogP contribution in [0, 0.1) is 5.92 Å². The van der Waals surface area contributed by atoms with E-state index in [1.807, 2.05) is 18.2 Å². The number of benzene rings is 1. The van der Waals surface area contributed by atoms with Gasteiger partial charge in [-0.2, -0.15) is 0 Å². The highest BCUT2D eigenvalue weighted by Gasteiger charge is 2.22. The molecule has 3 N–H and O–H groups in total. The largest absolute Gasteiger partial charge is 0.384 e. The molecule has 1 amide bonds. The fraction of sp³-hybridized carbons (Fsp3) is 0.529. The van der Waals surface area contributed by atoms with Crippen LogP contribution in [0.4, 0.5) is 0 Å². The Bertz CT molecular complexity index is 563. The maximum absolute atomic E-state index is 11.9. The van der Waals surface area contributed by atoms with Crippen molar-refractivity contribution >= 4 is 23.3 Å². The first kappa shape index (κ1) is 17.6. The van der Waals surface area contributed by atoms with E-state index in [-0.39, 0.29) is 24.4 Å². The van der Waals surface area contributed by atoms with Crippen LogP contribution in [0.1, 0.15) is 38.2 Å². The lowest BCUT2D eigenvalue weighted by Crippen LogP contribution is -2.42. The summed E-state index contributed by atoms with van der Waals surface area (Å²) in [7, 11) is 0. The van der Waals surface area contributed by atoms with Gasteiger partial charge in [0.25, 0.3) is 5.91 Å². The minimum absolute atomic E-state index is 0.119. The molecule has 2 rings (SSSR count). The van der Waals surface area contributed by atoms with Crippen molar-refractivity contribution in [1.29, 1.82) is 0 Å². The Kier molecular flexibility index (Phi) is 6.71. The van der Waals surface area contributed by atoms with Crippen LogP contribution in [0.3, 0.4) is 0 Å². The lowest BCUT2D eigenvalue weighted by Gasteiger charge is -2.29. The van der Waals surface area contributed by atoms with Crippen LogP contribution in [0.15, 0.2) is 29.4 Å². The molecule has 1 aliphatic carbocycles. The van der Waals surface area contributed by atoms with Crippen LogP contribution in [-0.2, 0) is 16.1 Å². The Morgan fingerprint density at radius 3 is 2.87 bits per heavy atom. The minimum Gasteiger partial charge on any atom is -0.384 e.